The lowest BCUT2D eigenvalue weighted by molar-refractivity contribution is 0.0520. The largest absolute Gasteiger partial charge is 0.461 e. The highest BCUT2D eigenvalue weighted by Crippen LogP contribution is 2.10. The normalized spacial score (nSPS) is 10.0. The van der Waals surface area contributed by atoms with Crippen LogP contribution in [0.2, 0.25) is 0 Å². The molecule has 16 heavy (non-hydrogen) atoms. The van der Waals surface area contributed by atoms with E-state index in [1.807, 2.05) is 6.07 Å². The van der Waals surface area contributed by atoms with E-state index in [2.05, 4.69) is 4.98 Å². The molecule has 0 aliphatic rings. The average molecular weight is 215 g/mol. The first kappa shape index (κ1) is 10.2. The Balaban J connectivity index is 2.52. The number of fused-ring (bicyclic) bond motifs is 1. The third-order valence-electron chi connectivity index (χ3n) is 2.09. The molecule has 0 aliphatic heterocycles. The van der Waals surface area contributed by atoms with Crippen molar-refractivity contribution in [3.8, 4) is 6.07 Å². The number of esters is 1. The van der Waals surface area contributed by atoms with E-state index >= 15 is 0 Å². The Morgan fingerprint density at radius 1 is 1.69 bits per heavy atom. The summed E-state index contributed by atoms with van der Waals surface area (Å²) < 4.78 is 6.46. The van der Waals surface area contributed by atoms with E-state index in [1.165, 1.54) is 0 Å². The Labute approximate surface area is 91.9 Å². The zero-order chi connectivity index (χ0) is 11.5. The van der Waals surface area contributed by atoms with Gasteiger partial charge in [0.1, 0.15) is 6.07 Å². The van der Waals surface area contributed by atoms with Crippen LogP contribution in [0.4, 0.5) is 0 Å². The predicted octanol–water partition coefficient (Wildman–Crippen LogP) is 1.38. The summed E-state index contributed by atoms with van der Waals surface area (Å²) in [5.41, 5.74) is 1.11. The van der Waals surface area contributed by atoms with E-state index in [4.69, 9.17) is 10.00 Å². The molecule has 0 saturated carbocycles. The summed E-state index contributed by atoms with van der Waals surface area (Å²) in [6.07, 6.45) is 3.28. The van der Waals surface area contributed by atoms with E-state index in [-0.39, 0.29) is 5.69 Å². The molecule has 0 amide bonds. The topological polar surface area (TPSA) is 67.4 Å². The van der Waals surface area contributed by atoms with Crippen molar-refractivity contribution in [2.45, 2.75) is 6.92 Å². The molecule has 0 spiro atoms. The van der Waals surface area contributed by atoms with Gasteiger partial charge >= 0.3 is 5.97 Å². The number of rotatable bonds is 2. The first-order valence-corrected chi connectivity index (χ1v) is 4.81. The van der Waals surface area contributed by atoms with Gasteiger partial charge in [0, 0.05) is 12.4 Å². The highest BCUT2D eigenvalue weighted by atomic mass is 16.5. The minimum Gasteiger partial charge on any atom is -0.461 e. The number of carbonyl (C=O) groups is 1. The van der Waals surface area contributed by atoms with Crippen molar-refractivity contribution in [2.75, 3.05) is 6.61 Å². The Morgan fingerprint density at radius 2 is 2.50 bits per heavy atom. The zero-order valence-electron chi connectivity index (χ0n) is 8.67. The fraction of sp³-hybridized carbons (Fsp3) is 0.182. The van der Waals surface area contributed by atoms with Gasteiger partial charge in [0.25, 0.3) is 0 Å². The van der Waals surface area contributed by atoms with E-state index in [9.17, 15) is 4.79 Å². The summed E-state index contributed by atoms with van der Waals surface area (Å²) in [7, 11) is 0. The molecule has 0 aliphatic carbocycles. The Bertz CT molecular complexity index is 580. The Hall–Kier alpha value is -2.35. The number of pyridine rings is 1. The quantitative estimate of drug-likeness (QED) is 0.710. The molecule has 0 unspecified atom stereocenters. The average Bonchev–Trinajstić information content (AvgIpc) is 2.72. The van der Waals surface area contributed by atoms with Crippen LogP contribution in [-0.2, 0) is 4.74 Å². The van der Waals surface area contributed by atoms with Crippen molar-refractivity contribution in [1.82, 2.24) is 9.38 Å². The first-order valence-electron chi connectivity index (χ1n) is 4.81. The van der Waals surface area contributed by atoms with Crippen molar-refractivity contribution in [3.05, 3.63) is 35.8 Å². The smallest absolute Gasteiger partial charge is 0.358 e. The minimum absolute atomic E-state index is 0.213. The van der Waals surface area contributed by atoms with Crippen LogP contribution >= 0.6 is 0 Å². The van der Waals surface area contributed by atoms with E-state index in [0.717, 1.165) is 0 Å². The lowest BCUT2D eigenvalue weighted by Gasteiger charge is -1.95. The highest BCUT2D eigenvalue weighted by molar-refractivity contribution is 5.88. The fourth-order valence-electron chi connectivity index (χ4n) is 1.40. The lowest BCUT2D eigenvalue weighted by Crippen LogP contribution is -2.04. The molecule has 80 valence electrons. The standard InChI is InChI=1S/C11H9N3O2/c1-2-16-11(15)9-7-14-5-3-4-8(6-12)10(14)13-9/h3-5,7H,2H2,1H3. The molecule has 2 aromatic heterocycles. The van der Waals surface area contributed by atoms with Crippen molar-refractivity contribution in [2.24, 2.45) is 0 Å². The fourth-order valence-corrected chi connectivity index (χ4v) is 1.40. The van der Waals surface area contributed by atoms with Gasteiger partial charge in [-0.25, -0.2) is 9.78 Å². The number of aromatic nitrogens is 2. The van der Waals surface area contributed by atoms with Crippen LogP contribution in [0.25, 0.3) is 5.65 Å². The second-order valence-corrected chi connectivity index (χ2v) is 3.11. The minimum atomic E-state index is -0.477. The van der Waals surface area contributed by atoms with E-state index in [0.29, 0.717) is 17.8 Å². The predicted molar refractivity (Wildman–Crippen MR) is 55.9 cm³/mol. The molecular weight excluding hydrogens is 206 g/mol. The number of carbonyl (C=O) groups excluding carboxylic acids is 1. The second kappa shape index (κ2) is 4.03. The van der Waals surface area contributed by atoms with Crippen LogP contribution in [-0.4, -0.2) is 22.0 Å². The van der Waals surface area contributed by atoms with Gasteiger partial charge < -0.3 is 9.14 Å². The Morgan fingerprint density at radius 3 is 3.19 bits per heavy atom. The van der Waals surface area contributed by atoms with Crippen LogP contribution in [0.15, 0.2) is 24.5 Å². The molecule has 5 nitrogen and oxygen atoms in total. The molecule has 2 heterocycles. The number of nitriles is 1. The maximum Gasteiger partial charge on any atom is 0.358 e. The summed E-state index contributed by atoms with van der Waals surface area (Å²) in [4.78, 5) is 15.5. The molecule has 5 heteroatoms. The van der Waals surface area contributed by atoms with Crippen molar-refractivity contribution >= 4 is 11.6 Å². The number of imidazole rings is 1. The number of nitrogens with zero attached hydrogens (tertiary/aromatic N) is 3. The van der Waals surface area contributed by atoms with Crippen molar-refractivity contribution < 1.29 is 9.53 Å². The van der Waals surface area contributed by atoms with Gasteiger partial charge in [0.05, 0.1) is 12.2 Å². The van der Waals surface area contributed by atoms with Crippen LogP contribution in [0, 0.1) is 11.3 Å². The molecule has 2 rings (SSSR count). The van der Waals surface area contributed by atoms with Crippen LogP contribution in [0.3, 0.4) is 0 Å². The maximum atomic E-state index is 11.4. The molecule has 0 radical (unpaired) electrons. The monoisotopic (exact) mass is 215 g/mol. The molecule has 2 aromatic rings. The van der Waals surface area contributed by atoms with Crippen LogP contribution in [0.1, 0.15) is 23.0 Å². The van der Waals surface area contributed by atoms with Gasteiger partial charge in [-0.2, -0.15) is 5.26 Å². The number of hydrogen-bond donors (Lipinski definition) is 0. The second-order valence-electron chi connectivity index (χ2n) is 3.11. The van der Waals surface area contributed by atoms with Gasteiger partial charge in [-0.05, 0) is 19.1 Å². The SMILES string of the molecule is CCOC(=O)c1cn2cccc(C#N)c2n1. The molecule has 0 N–H and O–H groups in total. The van der Waals surface area contributed by atoms with Gasteiger partial charge in [-0.3, -0.25) is 0 Å². The third kappa shape index (κ3) is 1.61. The van der Waals surface area contributed by atoms with Gasteiger partial charge in [-0.1, -0.05) is 0 Å². The molecule has 0 fully saturated rings. The summed E-state index contributed by atoms with van der Waals surface area (Å²) in [5, 5.41) is 8.87. The summed E-state index contributed by atoms with van der Waals surface area (Å²) in [6.45, 7) is 2.03. The first-order chi connectivity index (χ1) is 7.76. The van der Waals surface area contributed by atoms with Gasteiger partial charge in [0.2, 0.25) is 0 Å². The zero-order valence-corrected chi connectivity index (χ0v) is 8.67. The summed E-state index contributed by atoms with van der Waals surface area (Å²) >= 11 is 0. The Kier molecular flexibility index (Phi) is 2.56. The van der Waals surface area contributed by atoms with Gasteiger partial charge in [0.15, 0.2) is 11.3 Å². The van der Waals surface area contributed by atoms with E-state index in [1.54, 1.807) is 35.9 Å². The lowest BCUT2D eigenvalue weighted by atomic mass is 10.3. The van der Waals surface area contributed by atoms with Gasteiger partial charge in [-0.15, -0.1) is 0 Å². The summed E-state index contributed by atoms with van der Waals surface area (Å²) in [6, 6.07) is 5.39. The summed E-state index contributed by atoms with van der Waals surface area (Å²) in [5.74, 6) is -0.477. The van der Waals surface area contributed by atoms with Crippen molar-refractivity contribution in [1.29, 1.82) is 5.26 Å². The number of hydrogen-bond acceptors (Lipinski definition) is 4. The molecule has 0 atom stereocenters. The molecule has 0 aromatic carbocycles. The van der Waals surface area contributed by atoms with Crippen LogP contribution < -0.4 is 0 Å². The third-order valence-corrected chi connectivity index (χ3v) is 2.09. The maximum absolute atomic E-state index is 11.4. The highest BCUT2D eigenvalue weighted by Gasteiger charge is 2.13. The van der Waals surface area contributed by atoms with Crippen LogP contribution in [0.5, 0.6) is 0 Å². The van der Waals surface area contributed by atoms with Crippen molar-refractivity contribution in [3.63, 3.8) is 0 Å². The molecule has 0 bridgehead atoms. The molecular formula is C11H9N3O2. The number of ether oxygens (including phenoxy) is 1. The van der Waals surface area contributed by atoms with E-state index < -0.39 is 5.97 Å². The molecule has 0 saturated heterocycles.